The Hall–Kier alpha value is -5.18. The Morgan fingerprint density at radius 2 is 1.45 bits per heavy atom. The number of benzene rings is 3. The van der Waals surface area contributed by atoms with E-state index >= 15 is 0 Å². The number of ether oxygens (including phenoxy) is 3. The molecule has 6 rings (SSSR count). The summed E-state index contributed by atoms with van der Waals surface area (Å²) in [6.07, 6.45) is 7.70. The second kappa shape index (κ2) is 17.2. The molecule has 0 bridgehead atoms. The van der Waals surface area contributed by atoms with Crippen LogP contribution in [-0.2, 0) is 24.4 Å². The van der Waals surface area contributed by atoms with Gasteiger partial charge in [0.25, 0.3) is 0 Å². The molecule has 3 heterocycles. The van der Waals surface area contributed by atoms with Gasteiger partial charge >= 0.3 is 0 Å². The summed E-state index contributed by atoms with van der Waals surface area (Å²) in [6, 6.07) is 28.1. The monoisotopic (exact) mass is 702 g/mol. The van der Waals surface area contributed by atoms with E-state index < -0.39 is 0 Å². The lowest BCUT2D eigenvalue weighted by molar-refractivity contribution is -0.127. The standard InChI is InChI=1S/C42H43ClN4O4/c1-30-4-7-35(8-5-30)29-50-37-14-16-40(45-27-37)51-42-32(3)24-36(25-38(42)43)13-17-41(48)47-21-19-46(20-22-47)28-34-11-9-33(10-12-34)18-23-49-39-15-6-31(2)26-44-39/h4-17,24-27H,18-23,28-29H2,1-3H3/b17-13+. The molecule has 0 unspecified atom stereocenters. The van der Waals surface area contributed by atoms with Crippen LogP contribution in [-0.4, -0.2) is 58.5 Å². The zero-order chi connectivity index (χ0) is 35.6. The van der Waals surface area contributed by atoms with E-state index in [0.29, 0.717) is 54.6 Å². The van der Waals surface area contributed by atoms with Crippen LogP contribution >= 0.6 is 11.6 Å². The third-order valence-corrected chi connectivity index (χ3v) is 9.03. The second-order valence-electron chi connectivity index (χ2n) is 12.9. The lowest BCUT2D eigenvalue weighted by atomic mass is 10.1. The molecule has 1 amide bonds. The fourth-order valence-corrected chi connectivity index (χ4v) is 6.05. The first-order valence-corrected chi connectivity index (χ1v) is 17.6. The number of rotatable bonds is 13. The van der Waals surface area contributed by atoms with Gasteiger partial charge in [-0.15, -0.1) is 0 Å². The highest BCUT2D eigenvalue weighted by Gasteiger charge is 2.20. The van der Waals surface area contributed by atoms with Gasteiger partial charge in [0.05, 0.1) is 17.8 Å². The maximum absolute atomic E-state index is 13.0. The Labute approximate surface area is 305 Å². The van der Waals surface area contributed by atoms with E-state index in [-0.39, 0.29) is 5.91 Å². The zero-order valence-electron chi connectivity index (χ0n) is 29.3. The Bertz CT molecular complexity index is 1900. The van der Waals surface area contributed by atoms with E-state index in [9.17, 15) is 4.79 Å². The quantitative estimate of drug-likeness (QED) is 0.114. The number of carbonyl (C=O) groups is 1. The average Bonchev–Trinajstić information content (AvgIpc) is 3.14. The van der Waals surface area contributed by atoms with E-state index in [1.54, 1.807) is 30.5 Å². The average molecular weight is 703 g/mol. The lowest BCUT2D eigenvalue weighted by Gasteiger charge is -2.34. The van der Waals surface area contributed by atoms with Gasteiger partial charge in [0.1, 0.15) is 12.4 Å². The molecule has 1 fully saturated rings. The van der Waals surface area contributed by atoms with Gasteiger partial charge < -0.3 is 19.1 Å². The first kappa shape index (κ1) is 35.6. The molecule has 1 saturated heterocycles. The van der Waals surface area contributed by atoms with Gasteiger partial charge in [-0.25, -0.2) is 9.97 Å². The van der Waals surface area contributed by atoms with Crippen LogP contribution in [0.15, 0.2) is 103 Å². The Morgan fingerprint density at radius 3 is 2.14 bits per heavy atom. The third-order valence-electron chi connectivity index (χ3n) is 8.75. The van der Waals surface area contributed by atoms with E-state index in [1.165, 1.54) is 16.7 Å². The number of hydrogen-bond acceptors (Lipinski definition) is 7. The van der Waals surface area contributed by atoms with Gasteiger partial charge in [0, 0.05) is 63.6 Å². The minimum absolute atomic E-state index is 0.00921. The summed E-state index contributed by atoms with van der Waals surface area (Å²) in [5.74, 6) is 2.23. The molecule has 0 atom stereocenters. The van der Waals surface area contributed by atoms with Gasteiger partial charge in [-0.2, -0.15) is 0 Å². The number of amides is 1. The van der Waals surface area contributed by atoms with Crippen molar-refractivity contribution in [2.75, 3.05) is 32.8 Å². The molecule has 0 aliphatic carbocycles. The van der Waals surface area contributed by atoms with Gasteiger partial charge in [-0.3, -0.25) is 9.69 Å². The third kappa shape index (κ3) is 10.4. The number of piperazine rings is 1. The number of aryl methyl sites for hydroxylation is 3. The SMILES string of the molecule is Cc1ccc(COc2ccc(Oc3c(C)cc(/C=C/C(=O)N4CCN(Cc5ccc(CCOc6ccc(C)cn6)cc5)CC4)cc3Cl)nc2)cc1. The Kier molecular flexibility index (Phi) is 12.0. The number of nitrogens with zero attached hydrogens (tertiary/aromatic N) is 4. The molecule has 51 heavy (non-hydrogen) atoms. The van der Waals surface area contributed by atoms with Crippen molar-refractivity contribution in [3.63, 3.8) is 0 Å². The first-order chi connectivity index (χ1) is 24.8. The molecule has 2 aromatic heterocycles. The highest BCUT2D eigenvalue weighted by molar-refractivity contribution is 6.32. The van der Waals surface area contributed by atoms with E-state index in [0.717, 1.165) is 48.3 Å². The number of carbonyl (C=O) groups excluding carboxylic acids is 1. The molecule has 1 aliphatic rings. The lowest BCUT2D eigenvalue weighted by Crippen LogP contribution is -2.47. The molecule has 262 valence electrons. The predicted molar refractivity (Wildman–Crippen MR) is 202 cm³/mol. The van der Waals surface area contributed by atoms with Crippen molar-refractivity contribution < 1.29 is 19.0 Å². The molecule has 5 aromatic rings. The fraction of sp³-hybridized carbons (Fsp3) is 0.262. The number of halogens is 1. The molecular formula is C42H43ClN4O4. The van der Waals surface area contributed by atoms with Crippen LogP contribution < -0.4 is 14.2 Å². The van der Waals surface area contributed by atoms with Crippen LogP contribution in [0.25, 0.3) is 6.08 Å². The summed E-state index contributed by atoms with van der Waals surface area (Å²) < 4.78 is 17.7. The van der Waals surface area contributed by atoms with Crippen molar-refractivity contribution >= 4 is 23.6 Å². The zero-order valence-corrected chi connectivity index (χ0v) is 30.1. The van der Waals surface area contributed by atoms with Crippen molar-refractivity contribution in [3.05, 3.63) is 147 Å². The molecule has 3 aromatic carbocycles. The molecule has 1 aliphatic heterocycles. The maximum atomic E-state index is 13.0. The van der Waals surface area contributed by atoms with Crippen molar-refractivity contribution in [1.82, 2.24) is 19.8 Å². The Balaban J connectivity index is 0.931. The van der Waals surface area contributed by atoms with Gasteiger partial charge in [-0.05, 0) is 78.4 Å². The van der Waals surface area contributed by atoms with Crippen LogP contribution in [0.1, 0.15) is 38.9 Å². The second-order valence-corrected chi connectivity index (χ2v) is 13.3. The summed E-state index contributed by atoms with van der Waals surface area (Å²) >= 11 is 6.63. The van der Waals surface area contributed by atoms with Gasteiger partial charge in [-0.1, -0.05) is 71.8 Å². The Morgan fingerprint density at radius 1 is 0.765 bits per heavy atom. The first-order valence-electron chi connectivity index (χ1n) is 17.2. The molecule has 0 saturated carbocycles. The fourth-order valence-electron chi connectivity index (χ4n) is 5.73. The summed E-state index contributed by atoms with van der Waals surface area (Å²) in [7, 11) is 0. The molecule has 0 radical (unpaired) electrons. The highest BCUT2D eigenvalue weighted by Crippen LogP contribution is 2.34. The van der Waals surface area contributed by atoms with E-state index in [1.807, 2.05) is 61.3 Å². The molecule has 0 spiro atoms. The summed E-state index contributed by atoms with van der Waals surface area (Å²) in [5, 5.41) is 0.443. The van der Waals surface area contributed by atoms with Crippen molar-refractivity contribution in [2.45, 2.75) is 40.3 Å². The smallest absolute Gasteiger partial charge is 0.246 e. The van der Waals surface area contributed by atoms with E-state index in [4.69, 9.17) is 25.8 Å². The molecule has 9 heteroatoms. The van der Waals surface area contributed by atoms with E-state index in [2.05, 4.69) is 58.2 Å². The van der Waals surface area contributed by atoms with Gasteiger partial charge in [0.15, 0.2) is 5.75 Å². The summed E-state index contributed by atoms with van der Waals surface area (Å²) in [5.41, 5.74) is 7.57. The minimum Gasteiger partial charge on any atom is -0.487 e. The topological polar surface area (TPSA) is 77.0 Å². The van der Waals surface area contributed by atoms with Crippen LogP contribution in [0, 0.1) is 20.8 Å². The predicted octanol–water partition coefficient (Wildman–Crippen LogP) is 8.41. The van der Waals surface area contributed by atoms with Crippen LogP contribution in [0.4, 0.5) is 0 Å². The van der Waals surface area contributed by atoms with Crippen molar-refractivity contribution in [1.29, 1.82) is 0 Å². The van der Waals surface area contributed by atoms with Gasteiger partial charge in [0.2, 0.25) is 17.7 Å². The number of aromatic nitrogens is 2. The van der Waals surface area contributed by atoms with Crippen molar-refractivity contribution in [2.24, 2.45) is 0 Å². The number of pyridine rings is 2. The van der Waals surface area contributed by atoms with Crippen molar-refractivity contribution in [3.8, 4) is 23.3 Å². The van der Waals surface area contributed by atoms with Crippen LogP contribution in [0.5, 0.6) is 23.3 Å². The van der Waals surface area contributed by atoms with Crippen LogP contribution in [0.2, 0.25) is 5.02 Å². The highest BCUT2D eigenvalue weighted by atomic mass is 35.5. The largest absolute Gasteiger partial charge is 0.487 e. The number of hydrogen-bond donors (Lipinski definition) is 0. The maximum Gasteiger partial charge on any atom is 0.246 e. The normalized spacial score (nSPS) is 13.4. The van der Waals surface area contributed by atoms with Crippen LogP contribution in [0.3, 0.4) is 0 Å². The molecule has 0 N–H and O–H groups in total. The minimum atomic E-state index is -0.00921. The molecule has 8 nitrogen and oxygen atoms in total. The molecular weight excluding hydrogens is 660 g/mol. The summed E-state index contributed by atoms with van der Waals surface area (Å²) in [4.78, 5) is 26.0. The summed E-state index contributed by atoms with van der Waals surface area (Å²) in [6.45, 7) is 10.9.